The SMILES string of the molecule is CC(C#N)(SSC(C)(C#N)c1c[nH]c2ccccc12)c1c[nH]c2ccccc12. The molecule has 138 valence electrons. The van der Waals surface area contributed by atoms with E-state index in [-0.39, 0.29) is 0 Å². The van der Waals surface area contributed by atoms with Crippen molar-refractivity contribution in [3.05, 3.63) is 72.1 Å². The number of rotatable bonds is 5. The van der Waals surface area contributed by atoms with E-state index in [1.54, 1.807) is 0 Å². The summed E-state index contributed by atoms with van der Waals surface area (Å²) in [6.45, 7) is 3.82. The third-order valence-electron chi connectivity index (χ3n) is 5.01. The first-order valence-electron chi connectivity index (χ1n) is 8.83. The van der Waals surface area contributed by atoms with Gasteiger partial charge in [0.15, 0.2) is 0 Å². The van der Waals surface area contributed by atoms with Gasteiger partial charge in [0.05, 0.1) is 12.1 Å². The first kappa shape index (κ1) is 18.6. The highest BCUT2D eigenvalue weighted by Crippen LogP contribution is 2.54. The molecule has 0 aliphatic carbocycles. The molecule has 2 N–H and O–H groups in total. The molecule has 4 nitrogen and oxygen atoms in total. The van der Waals surface area contributed by atoms with Gasteiger partial charge in [-0.05, 0) is 26.0 Å². The molecular weight excluding hydrogens is 384 g/mol. The molecule has 2 atom stereocenters. The van der Waals surface area contributed by atoms with Gasteiger partial charge in [-0.25, -0.2) is 0 Å². The summed E-state index contributed by atoms with van der Waals surface area (Å²) < 4.78 is -1.59. The van der Waals surface area contributed by atoms with Crippen LogP contribution in [0.15, 0.2) is 60.9 Å². The van der Waals surface area contributed by atoms with Gasteiger partial charge >= 0.3 is 0 Å². The fourth-order valence-corrected chi connectivity index (χ4v) is 6.03. The van der Waals surface area contributed by atoms with Crippen LogP contribution >= 0.6 is 21.6 Å². The predicted octanol–water partition coefficient (Wildman–Crippen LogP) is 6.21. The molecular formula is C22H18N4S2. The second-order valence-electron chi connectivity index (χ2n) is 6.95. The number of para-hydroxylation sites is 2. The molecule has 0 aliphatic heterocycles. The smallest absolute Gasteiger partial charge is 0.137 e. The normalized spacial score (nSPS) is 15.6. The number of H-pyrrole nitrogens is 2. The molecule has 2 unspecified atom stereocenters. The monoisotopic (exact) mass is 402 g/mol. The average molecular weight is 403 g/mol. The Morgan fingerprint density at radius 2 is 1.11 bits per heavy atom. The van der Waals surface area contributed by atoms with Crippen molar-refractivity contribution in [2.75, 3.05) is 0 Å². The zero-order valence-electron chi connectivity index (χ0n) is 15.5. The highest BCUT2D eigenvalue weighted by Gasteiger charge is 2.37. The number of nitrogens with zero attached hydrogens (tertiary/aromatic N) is 2. The van der Waals surface area contributed by atoms with Gasteiger partial charge in [-0.3, -0.25) is 0 Å². The Hall–Kier alpha value is -2.80. The van der Waals surface area contributed by atoms with Crippen LogP contribution in [0.1, 0.15) is 25.0 Å². The van der Waals surface area contributed by atoms with Gasteiger partial charge < -0.3 is 9.97 Å². The largest absolute Gasteiger partial charge is 0.361 e. The van der Waals surface area contributed by atoms with Crippen molar-refractivity contribution in [3.8, 4) is 12.1 Å². The highest BCUT2D eigenvalue weighted by atomic mass is 33.1. The van der Waals surface area contributed by atoms with Crippen molar-refractivity contribution in [1.82, 2.24) is 9.97 Å². The third kappa shape index (κ3) is 2.96. The van der Waals surface area contributed by atoms with Crippen molar-refractivity contribution in [2.24, 2.45) is 0 Å². The Morgan fingerprint density at radius 3 is 1.50 bits per heavy atom. The summed E-state index contributed by atoms with van der Waals surface area (Å²) in [5.74, 6) is 0. The maximum Gasteiger partial charge on any atom is 0.137 e. The minimum Gasteiger partial charge on any atom is -0.361 e. The number of fused-ring (bicyclic) bond motifs is 2. The van der Waals surface area contributed by atoms with Crippen molar-refractivity contribution < 1.29 is 0 Å². The summed E-state index contributed by atoms with van der Waals surface area (Å²) in [6.07, 6.45) is 3.80. The van der Waals surface area contributed by atoms with Gasteiger partial charge in [-0.1, -0.05) is 58.0 Å². The van der Waals surface area contributed by atoms with Gasteiger partial charge in [0, 0.05) is 45.3 Å². The summed E-state index contributed by atoms with van der Waals surface area (Å²) >= 11 is 0. The maximum atomic E-state index is 10.0. The Kier molecular flexibility index (Phi) is 4.63. The molecule has 2 aromatic carbocycles. The van der Waals surface area contributed by atoms with Crippen LogP contribution in [0.4, 0.5) is 0 Å². The molecule has 0 saturated heterocycles. The molecule has 0 bridgehead atoms. The topological polar surface area (TPSA) is 79.2 Å². The van der Waals surface area contributed by atoms with Crippen molar-refractivity contribution in [3.63, 3.8) is 0 Å². The van der Waals surface area contributed by atoms with Gasteiger partial charge in [0.1, 0.15) is 9.49 Å². The van der Waals surface area contributed by atoms with Crippen LogP contribution in [-0.4, -0.2) is 9.97 Å². The van der Waals surface area contributed by atoms with Gasteiger partial charge in [-0.15, -0.1) is 0 Å². The van der Waals surface area contributed by atoms with Crippen molar-refractivity contribution in [2.45, 2.75) is 23.3 Å². The molecule has 28 heavy (non-hydrogen) atoms. The fraction of sp³-hybridized carbons (Fsp3) is 0.182. The number of hydrogen-bond donors (Lipinski definition) is 2. The number of nitrogens with one attached hydrogen (secondary N) is 2. The summed E-state index contributed by atoms with van der Waals surface area (Å²) in [4.78, 5) is 6.49. The van der Waals surface area contributed by atoms with Crippen LogP contribution in [0.5, 0.6) is 0 Å². The average Bonchev–Trinajstić information content (AvgIpc) is 3.37. The standard InChI is InChI=1S/C22H18N4S2/c1-21(13-23,17-11-25-19-9-5-3-7-15(17)19)27-28-22(2,14-24)18-12-26-20-10-6-4-8-16(18)20/h3-12,25-26H,1-2H3. The van der Waals surface area contributed by atoms with E-state index in [9.17, 15) is 10.5 Å². The van der Waals surface area contributed by atoms with Gasteiger partial charge in [-0.2, -0.15) is 10.5 Å². The van der Waals surface area contributed by atoms with Crippen LogP contribution in [-0.2, 0) is 9.49 Å². The number of benzene rings is 2. The molecule has 0 saturated carbocycles. The van der Waals surface area contributed by atoms with E-state index >= 15 is 0 Å². The highest BCUT2D eigenvalue weighted by molar-refractivity contribution is 8.77. The van der Waals surface area contributed by atoms with E-state index in [1.165, 1.54) is 21.6 Å². The third-order valence-corrected chi connectivity index (χ3v) is 8.63. The molecule has 2 aromatic heterocycles. The van der Waals surface area contributed by atoms with E-state index in [2.05, 4.69) is 22.1 Å². The number of aromatic nitrogens is 2. The van der Waals surface area contributed by atoms with Crippen LogP contribution in [0, 0.1) is 22.7 Å². The van der Waals surface area contributed by atoms with Crippen molar-refractivity contribution in [1.29, 1.82) is 10.5 Å². The van der Waals surface area contributed by atoms with Gasteiger partial charge in [0.2, 0.25) is 0 Å². The Morgan fingerprint density at radius 1 is 0.714 bits per heavy atom. The maximum absolute atomic E-state index is 10.0. The predicted molar refractivity (Wildman–Crippen MR) is 118 cm³/mol. The minimum atomic E-state index is -0.797. The second kappa shape index (κ2) is 6.98. The minimum absolute atomic E-state index is 0.797. The molecule has 0 fully saturated rings. The lowest BCUT2D eigenvalue weighted by Crippen LogP contribution is -2.18. The molecule has 2 heterocycles. The molecule has 0 aliphatic rings. The van der Waals surface area contributed by atoms with E-state index in [0.29, 0.717) is 0 Å². The van der Waals surface area contributed by atoms with E-state index < -0.39 is 9.49 Å². The molecule has 0 amide bonds. The van der Waals surface area contributed by atoms with Crippen LogP contribution < -0.4 is 0 Å². The van der Waals surface area contributed by atoms with E-state index in [0.717, 1.165) is 32.9 Å². The zero-order chi connectivity index (χ0) is 19.8. The molecule has 0 radical (unpaired) electrons. The van der Waals surface area contributed by atoms with Gasteiger partial charge in [0.25, 0.3) is 0 Å². The first-order chi connectivity index (χ1) is 13.5. The van der Waals surface area contributed by atoms with Crippen molar-refractivity contribution >= 4 is 43.4 Å². The van der Waals surface area contributed by atoms with E-state index in [1.807, 2.05) is 74.8 Å². The fourth-order valence-electron chi connectivity index (χ4n) is 3.35. The molecule has 4 aromatic rings. The quantitative estimate of drug-likeness (QED) is 0.389. The summed E-state index contributed by atoms with van der Waals surface area (Å²) in [5.41, 5.74) is 3.87. The summed E-state index contributed by atoms with van der Waals surface area (Å²) in [7, 11) is 2.87. The van der Waals surface area contributed by atoms with E-state index in [4.69, 9.17) is 0 Å². The lowest BCUT2D eigenvalue weighted by molar-refractivity contribution is 0.902. The lowest BCUT2D eigenvalue weighted by Gasteiger charge is -2.26. The van der Waals surface area contributed by atoms with Crippen LogP contribution in [0.3, 0.4) is 0 Å². The Labute approximate surface area is 171 Å². The number of nitriles is 2. The van der Waals surface area contributed by atoms with Crippen LogP contribution in [0.2, 0.25) is 0 Å². The number of hydrogen-bond acceptors (Lipinski definition) is 4. The summed E-state index contributed by atoms with van der Waals surface area (Å²) in [6, 6.07) is 20.8. The lowest BCUT2D eigenvalue weighted by atomic mass is 10.0. The number of aromatic amines is 2. The second-order valence-corrected chi connectivity index (χ2v) is 9.92. The Bertz CT molecular complexity index is 1140. The first-order valence-corrected chi connectivity index (χ1v) is 11.0. The zero-order valence-corrected chi connectivity index (χ0v) is 17.1. The molecule has 4 rings (SSSR count). The molecule has 0 spiro atoms. The van der Waals surface area contributed by atoms with Crippen LogP contribution in [0.25, 0.3) is 21.8 Å². The Balaban J connectivity index is 1.69. The summed E-state index contributed by atoms with van der Waals surface area (Å²) in [5, 5.41) is 22.1. The molecule has 6 heteroatoms.